The van der Waals surface area contributed by atoms with Gasteiger partial charge in [-0.05, 0) is 48.5 Å². The van der Waals surface area contributed by atoms with E-state index in [0.717, 1.165) is 5.56 Å². The van der Waals surface area contributed by atoms with Crippen LogP contribution in [-0.4, -0.2) is 35.1 Å². The fourth-order valence-corrected chi connectivity index (χ4v) is 4.75. The third kappa shape index (κ3) is 4.76. The van der Waals surface area contributed by atoms with Gasteiger partial charge in [0.15, 0.2) is 15.7 Å². The third-order valence-electron chi connectivity index (χ3n) is 3.34. The predicted octanol–water partition coefficient (Wildman–Crippen LogP) is 4.34. The van der Waals surface area contributed by atoms with Gasteiger partial charge in [0.25, 0.3) is 0 Å². The van der Waals surface area contributed by atoms with Gasteiger partial charge in [-0.25, -0.2) is 13.4 Å². The van der Waals surface area contributed by atoms with E-state index in [4.69, 9.17) is 23.2 Å². The molecule has 9 heteroatoms. The highest BCUT2D eigenvalue weighted by Gasteiger charge is 2.15. The van der Waals surface area contributed by atoms with Crippen LogP contribution >= 0.6 is 35.0 Å². The van der Waals surface area contributed by atoms with Crippen LogP contribution < -0.4 is 0 Å². The molecule has 0 fully saturated rings. The molecule has 0 amide bonds. The van der Waals surface area contributed by atoms with Gasteiger partial charge in [0.1, 0.15) is 0 Å². The summed E-state index contributed by atoms with van der Waals surface area (Å²) < 4.78 is 24.5. The van der Waals surface area contributed by atoms with E-state index in [-0.39, 0.29) is 10.6 Å². The Morgan fingerprint density at radius 3 is 2.20 bits per heavy atom. The lowest BCUT2D eigenvalue weighted by Gasteiger charge is -2.03. The van der Waals surface area contributed by atoms with E-state index in [1.54, 1.807) is 24.3 Å². The van der Waals surface area contributed by atoms with Crippen LogP contribution in [0.1, 0.15) is 0 Å². The average molecular weight is 414 g/mol. The van der Waals surface area contributed by atoms with E-state index in [2.05, 4.69) is 15.2 Å². The highest BCUT2D eigenvalue weighted by molar-refractivity contribution is 8.00. The zero-order valence-corrected chi connectivity index (χ0v) is 16.0. The minimum atomic E-state index is -3.36. The predicted molar refractivity (Wildman–Crippen MR) is 101 cm³/mol. The van der Waals surface area contributed by atoms with Gasteiger partial charge in [0.2, 0.25) is 5.16 Å². The van der Waals surface area contributed by atoms with E-state index in [0.29, 0.717) is 26.8 Å². The normalized spacial score (nSPS) is 11.6. The molecule has 3 rings (SSSR count). The number of nitrogens with zero attached hydrogens (tertiary/aromatic N) is 2. The van der Waals surface area contributed by atoms with Crippen LogP contribution in [0.4, 0.5) is 0 Å². The van der Waals surface area contributed by atoms with Crippen molar-refractivity contribution in [2.75, 3.05) is 11.5 Å². The first kappa shape index (κ1) is 18.3. The Hall–Kier alpha value is -1.54. The second kappa shape index (κ2) is 7.78. The molecule has 0 aliphatic rings. The Kier molecular flexibility index (Phi) is 5.68. The number of H-pyrrole nitrogens is 1. The molecule has 0 spiro atoms. The SMILES string of the molecule is O=S(=O)(CCSc1n[nH]c(-c2ccc(Cl)cc2)n1)c1ccc(Cl)cc1. The molecule has 5 nitrogen and oxygen atoms in total. The molecule has 0 aliphatic carbocycles. The smallest absolute Gasteiger partial charge is 0.208 e. The summed E-state index contributed by atoms with van der Waals surface area (Å²) in [6, 6.07) is 13.4. The lowest BCUT2D eigenvalue weighted by atomic mass is 10.2. The molecule has 1 aromatic heterocycles. The molecule has 2 aromatic carbocycles. The molecule has 1 heterocycles. The molecule has 130 valence electrons. The van der Waals surface area contributed by atoms with Gasteiger partial charge in [-0.3, -0.25) is 5.10 Å². The van der Waals surface area contributed by atoms with Crippen molar-refractivity contribution in [3.63, 3.8) is 0 Å². The second-order valence-corrected chi connectivity index (χ2v) is 9.14. The minimum Gasteiger partial charge on any atom is -0.258 e. The Balaban J connectivity index is 1.61. The average Bonchev–Trinajstić information content (AvgIpc) is 3.04. The zero-order chi connectivity index (χ0) is 17.9. The number of hydrogen-bond donors (Lipinski definition) is 1. The first-order valence-electron chi connectivity index (χ1n) is 7.23. The van der Waals surface area contributed by atoms with Crippen LogP contribution in [0.5, 0.6) is 0 Å². The largest absolute Gasteiger partial charge is 0.258 e. The highest BCUT2D eigenvalue weighted by atomic mass is 35.5. The standard InChI is InChI=1S/C16H13Cl2N3O2S2/c17-12-3-1-11(2-4-12)15-19-16(21-20-15)24-9-10-25(22,23)14-7-5-13(18)6-8-14/h1-8H,9-10H2,(H,19,20,21). The topological polar surface area (TPSA) is 75.7 Å². The first-order valence-corrected chi connectivity index (χ1v) is 10.6. The molecule has 0 bridgehead atoms. The quantitative estimate of drug-likeness (QED) is 0.607. The minimum absolute atomic E-state index is 0.00980. The lowest BCUT2D eigenvalue weighted by molar-refractivity contribution is 0.597. The van der Waals surface area contributed by atoms with E-state index in [1.807, 2.05) is 12.1 Å². The number of benzene rings is 2. The summed E-state index contributed by atoms with van der Waals surface area (Å²) in [5.41, 5.74) is 0.859. The molecule has 0 aliphatic heterocycles. The van der Waals surface area contributed by atoms with Crippen molar-refractivity contribution in [2.45, 2.75) is 10.1 Å². The van der Waals surface area contributed by atoms with Gasteiger partial charge in [-0.15, -0.1) is 5.10 Å². The molecule has 1 N–H and O–H groups in total. The fourth-order valence-electron chi connectivity index (χ4n) is 2.05. The highest BCUT2D eigenvalue weighted by Crippen LogP contribution is 2.22. The fraction of sp³-hybridized carbons (Fsp3) is 0.125. The number of hydrogen-bond acceptors (Lipinski definition) is 5. The molecular weight excluding hydrogens is 401 g/mol. The van der Waals surface area contributed by atoms with E-state index in [1.165, 1.54) is 23.9 Å². The number of sulfone groups is 1. The van der Waals surface area contributed by atoms with Crippen LogP contribution in [0.15, 0.2) is 58.6 Å². The van der Waals surface area contributed by atoms with E-state index >= 15 is 0 Å². The third-order valence-corrected chi connectivity index (χ3v) is 6.68. The number of rotatable bonds is 6. The van der Waals surface area contributed by atoms with Gasteiger partial charge in [0.05, 0.1) is 10.6 Å². The summed E-state index contributed by atoms with van der Waals surface area (Å²) in [5.74, 6) is 0.951. The summed E-state index contributed by atoms with van der Waals surface area (Å²) in [6.07, 6.45) is 0. The van der Waals surface area contributed by atoms with Crippen LogP contribution in [0, 0.1) is 0 Å². The number of aromatic nitrogens is 3. The number of thioether (sulfide) groups is 1. The van der Waals surface area contributed by atoms with Crippen LogP contribution in [0.2, 0.25) is 10.0 Å². The van der Waals surface area contributed by atoms with Crippen molar-refractivity contribution in [2.24, 2.45) is 0 Å². The van der Waals surface area contributed by atoms with Gasteiger partial charge in [-0.2, -0.15) is 0 Å². The van der Waals surface area contributed by atoms with Gasteiger partial charge >= 0.3 is 0 Å². The van der Waals surface area contributed by atoms with Gasteiger partial charge < -0.3 is 0 Å². The first-order chi connectivity index (χ1) is 11.9. The molecule has 25 heavy (non-hydrogen) atoms. The molecule has 0 radical (unpaired) electrons. The van der Waals surface area contributed by atoms with Crippen molar-refractivity contribution in [1.29, 1.82) is 0 Å². The maximum Gasteiger partial charge on any atom is 0.208 e. The van der Waals surface area contributed by atoms with Crippen LogP contribution in [0.25, 0.3) is 11.4 Å². The Labute approximate surface area is 159 Å². The van der Waals surface area contributed by atoms with Gasteiger partial charge in [-0.1, -0.05) is 35.0 Å². The molecule has 0 saturated carbocycles. The molecule has 0 atom stereocenters. The Bertz CT molecular complexity index is 956. The molecular formula is C16H13Cl2N3O2S2. The monoisotopic (exact) mass is 413 g/mol. The molecule has 0 unspecified atom stereocenters. The second-order valence-electron chi connectivity index (χ2n) is 5.09. The maximum absolute atomic E-state index is 12.3. The summed E-state index contributed by atoms with van der Waals surface area (Å²) in [5, 5.41) is 8.58. The van der Waals surface area contributed by atoms with Crippen molar-refractivity contribution in [1.82, 2.24) is 15.2 Å². The molecule has 0 saturated heterocycles. The summed E-state index contributed by atoms with van der Waals surface area (Å²) in [6.45, 7) is 0. The van der Waals surface area contributed by atoms with E-state index < -0.39 is 9.84 Å². The number of aromatic amines is 1. The van der Waals surface area contributed by atoms with Crippen molar-refractivity contribution in [3.05, 3.63) is 58.6 Å². The lowest BCUT2D eigenvalue weighted by Crippen LogP contribution is -2.08. The van der Waals surface area contributed by atoms with Gasteiger partial charge in [0, 0.05) is 21.4 Å². The molecule has 3 aromatic rings. The number of nitrogens with one attached hydrogen (secondary N) is 1. The summed E-state index contributed by atoms with van der Waals surface area (Å²) in [4.78, 5) is 4.61. The van der Waals surface area contributed by atoms with E-state index in [9.17, 15) is 8.42 Å². The van der Waals surface area contributed by atoms with Crippen LogP contribution in [0.3, 0.4) is 0 Å². The zero-order valence-electron chi connectivity index (χ0n) is 12.8. The Morgan fingerprint density at radius 2 is 1.56 bits per heavy atom. The summed E-state index contributed by atoms with van der Waals surface area (Å²) >= 11 is 12.9. The van der Waals surface area contributed by atoms with Crippen molar-refractivity contribution in [3.8, 4) is 11.4 Å². The van der Waals surface area contributed by atoms with Crippen molar-refractivity contribution >= 4 is 44.8 Å². The van der Waals surface area contributed by atoms with Crippen LogP contribution in [-0.2, 0) is 9.84 Å². The maximum atomic E-state index is 12.3. The summed E-state index contributed by atoms with van der Waals surface area (Å²) in [7, 11) is -3.36. The number of halogens is 2. The van der Waals surface area contributed by atoms with Crippen molar-refractivity contribution < 1.29 is 8.42 Å². The Morgan fingerprint density at radius 1 is 0.960 bits per heavy atom.